The fraction of sp³-hybridized carbons (Fsp3) is 0.800. The average Bonchev–Trinajstić information content (AvgIpc) is 3.02. The van der Waals surface area contributed by atoms with E-state index in [-0.39, 0.29) is 0 Å². The Kier molecular flexibility index (Phi) is 1.49. The van der Waals surface area contributed by atoms with Crippen LogP contribution in [0.5, 0.6) is 0 Å². The van der Waals surface area contributed by atoms with Crippen LogP contribution >= 0.6 is 0 Å². The number of hydrogen-bond acceptors (Lipinski definition) is 2. The first kappa shape index (κ1) is 7.54. The molecule has 1 heterocycles. The van der Waals surface area contributed by atoms with Gasteiger partial charge in [-0.1, -0.05) is 6.92 Å². The van der Waals surface area contributed by atoms with E-state index in [1.165, 1.54) is 31.5 Å². The van der Waals surface area contributed by atoms with Crippen LogP contribution in [-0.4, -0.2) is 14.8 Å². The van der Waals surface area contributed by atoms with Crippen molar-refractivity contribution in [2.75, 3.05) is 0 Å². The molecule has 0 amide bonds. The van der Waals surface area contributed by atoms with Crippen molar-refractivity contribution < 1.29 is 0 Å². The Balaban J connectivity index is 1.88. The van der Waals surface area contributed by atoms with Gasteiger partial charge in [0.1, 0.15) is 12.2 Å². The maximum absolute atomic E-state index is 4.25. The van der Waals surface area contributed by atoms with E-state index in [4.69, 9.17) is 0 Å². The average molecular weight is 177 g/mol. The van der Waals surface area contributed by atoms with Crippen molar-refractivity contribution in [1.29, 1.82) is 0 Å². The predicted molar refractivity (Wildman–Crippen MR) is 49.4 cm³/mol. The van der Waals surface area contributed by atoms with Gasteiger partial charge in [0.2, 0.25) is 0 Å². The van der Waals surface area contributed by atoms with Gasteiger partial charge in [0.05, 0.1) is 0 Å². The third-order valence-corrected chi connectivity index (χ3v) is 3.28. The van der Waals surface area contributed by atoms with E-state index in [0.29, 0.717) is 5.92 Å². The van der Waals surface area contributed by atoms with Crippen molar-refractivity contribution in [3.63, 3.8) is 0 Å². The molecule has 0 aromatic carbocycles. The minimum absolute atomic E-state index is 0.628. The maximum atomic E-state index is 4.25. The summed E-state index contributed by atoms with van der Waals surface area (Å²) in [4.78, 5) is 0. The van der Waals surface area contributed by atoms with Gasteiger partial charge in [-0.3, -0.25) is 0 Å². The van der Waals surface area contributed by atoms with Crippen LogP contribution in [0.25, 0.3) is 0 Å². The lowest BCUT2D eigenvalue weighted by Gasteiger charge is -2.10. The van der Waals surface area contributed by atoms with Crippen molar-refractivity contribution in [3.8, 4) is 0 Å². The Hall–Kier alpha value is -0.860. The highest BCUT2D eigenvalue weighted by atomic mass is 15.3. The minimum atomic E-state index is 0.628. The molecular weight excluding hydrogens is 162 g/mol. The molecule has 70 valence electrons. The van der Waals surface area contributed by atoms with E-state index in [1.807, 2.05) is 6.33 Å². The van der Waals surface area contributed by atoms with Gasteiger partial charge in [0, 0.05) is 12.0 Å². The number of rotatable bonds is 3. The summed E-state index contributed by atoms with van der Waals surface area (Å²) in [5.74, 6) is 2.75. The van der Waals surface area contributed by atoms with Crippen LogP contribution in [0.4, 0.5) is 0 Å². The van der Waals surface area contributed by atoms with Crippen molar-refractivity contribution >= 4 is 0 Å². The van der Waals surface area contributed by atoms with Crippen LogP contribution in [-0.2, 0) is 0 Å². The lowest BCUT2D eigenvalue weighted by atomic mass is 10.1. The van der Waals surface area contributed by atoms with Gasteiger partial charge in [-0.2, -0.15) is 0 Å². The first-order valence-corrected chi connectivity index (χ1v) is 5.25. The highest BCUT2D eigenvalue weighted by molar-refractivity contribution is 5.04. The monoisotopic (exact) mass is 177 g/mol. The second-order valence-electron chi connectivity index (χ2n) is 4.45. The fourth-order valence-electron chi connectivity index (χ4n) is 2.02. The SMILES string of the molecule is CC(c1nncn1C1CC1)C1CC1. The molecular formula is C10H15N3. The molecule has 13 heavy (non-hydrogen) atoms. The Morgan fingerprint density at radius 2 is 2.15 bits per heavy atom. The number of nitrogens with zero attached hydrogens (tertiary/aromatic N) is 3. The molecule has 1 unspecified atom stereocenters. The lowest BCUT2D eigenvalue weighted by Crippen LogP contribution is -2.06. The summed E-state index contributed by atoms with van der Waals surface area (Å²) in [6, 6.07) is 0.728. The topological polar surface area (TPSA) is 30.7 Å². The molecule has 0 aliphatic heterocycles. The second kappa shape index (κ2) is 2.56. The van der Waals surface area contributed by atoms with Gasteiger partial charge in [-0.05, 0) is 31.6 Å². The molecule has 2 saturated carbocycles. The molecule has 3 nitrogen and oxygen atoms in total. The molecule has 3 rings (SSSR count). The maximum Gasteiger partial charge on any atom is 0.136 e. The molecule has 0 spiro atoms. The molecule has 3 heteroatoms. The van der Waals surface area contributed by atoms with Crippen LogP contribution in [0.15, 0.2) is 6.33 Å². The lowest BCUT2D eigenvalue weighted by molar-refractivity contribution is 0.564. The van der Waals surface area contributed by atoms with E-state index in [2.05, 4.69) is 21.7 Å². The smallest absolute Gasteiger partial charge is 0.136 e. The summed E-state index contributed by atoms with van der Waals surface area (Å²) in [5.41, 5.74) is 0. The van der Waals surface area contributed by atoms with E-state index in [9.17, 15) is 0 Å². The van der Waals surface area contributed by atoms with E-state index < -0.39 is 0 Å². The molecule has 0 radical (unpaired) electrons. The summed E-state index contributed by atoms with van der Waals surface area (Å²) in [7, 11) is 0. The number of hydrogen-bond donors (Lipinski definition) is 0. The second-order valence-corrected chi connectivity index (χ2v) is 4.45. The van der Waals surface area contributed by atoms with Crippen LogP contribution in [0, 0.1) is 5.92 Å². The van der Waals surface area contributed by atoms with Crippen molar-refractivity contribution in [1.82, 2.24) is 14.8 Å². The summed E-state index contributed by atoms with van der Waals surface area (Å²) in [5, 5.41) is 8.28. The summed E-state index contributed by atoms with van der Waals surface area (Å²) >= 11 is 0. The van der Waals surface area contributed by atoms with Crippen LogP contribution < -0.4 is 0 Å². The Morgan fingerprint density at radius 3 is 2.77 bits per heavy atom. The molecule has 2 aliphatic carbocycles. The largest absolute Gasteiger partial charge is 0.314 e. The number of aromatic nitrogens is 3. The highest BCUT2D eigenvalue weighted by Gasteiger charge is 2.34. The van der Waals surface area contributed by atoms with E-state index >= 15 is 0 Å². The molecule has 1 aromatic heterocycles. The predicted octanol–water partition coefficient (Wildman–Crippen LogP) is 2.13. The van der Waals surface area contributed by atoms with Crippen molar-refractivity contribution in [3.05, 3.63) is 12.2 Å². The summed E-state index contributed by atoms with van der Waals surface area (Å²) in [6.07, 6.45) is 7.33. The standard InChI is InChI=1S/C10H15N3/c1-7(8-2-3-8)10-12-11-6-13(10)9-4-5-9/h6-9H,2-5H2,1H3. The molecule has 2 fully saturated rings. The van der Waals surface area contributed by atoms with Gasteiger partial charge in [-0.25, -0.2) is 0 Å². The zero-order valence-corrected chi connectivity index (χ0v) is 7.98. The normalized spacial score (nSPS) is 24.7. The molecule has 0 saturated heterocycles. The zero-order chi connectivity index (χ0) is 8.84. The molecule has 2 aliphatic rings. The van der Waals surface area contributed by atoms with Gasteiger partial charge in [0.15, 0.2) is 0 Å². The summed E-state index contributed by atoms with van der Waals surface area (Å²) in [6.45, 7) is 2.29. The summed E-state index contributed by atoms with van der Waals surface area (Å²) < 4.78 is 2.29. The van der Waals surface area contributed by atoms with Gasteiger partial charge < -0.3 is 4.57 Å². The third-order valence-electron chi connectivity index (χ3n) is 3.28. The highest BCUT2D eigenvalue weighted by Crippen LogP contribution is 2.44. The van der Waals surface area contributed by atoms with Crippen molar-refractivity contribution in [2.45, 2.75) is 44.6 Å². The van der Waals surface area contributed by atoms with E-state index in [0.717, 1.165) is 12.0 Å². The molecule has 0 bridgehead atoms. The van der Waals surface area contributed by atoms with Gasteiger partial charge in [0.25, 0.3) is 0 Å². The fourth-order valence-corrected chi connectivity index (χ4v) is 2.02. The zero-order valence-electron chi connectivity index (χ0n) is 7.98. The third kappa shape index (κ3) is 1.26. The first-order chi connectivity index (χ1) is 6.36. The molecule has 0 N–H and O–H groups in total. The van der Waals surface area contributed by atoms with Crippen LogP contribution in [0.3, 0.4) is 0 Å². The van der Waals surface area contributed by atoms with Crippen LogP contribution in [0.1, 0.15) is 50.4 Å². The Bertz CT molecular complexity index is 310. The minimum Gasteiger partial charge on any atom is -0.314 e. The quantitative estimate of drug-likeness (QED) is 0.708. The molecule has 1 aromatic rings. The van der Waals surface area contributed by atoms with Crippen molar-refractivity contribution in [2.24, 2.45) is 5.92 Å². The Labute approximate surface area is 78.2 Å². The van der Waals surface area contributed by atoms with Gasteiger partial charge >= 0.3 is 0 Å². The Morgan fingerprint density at radius 1 is 1.38 bits per heavy atom. The van der Waals surface area contributed by atoms with Gasteiger partial charge in [-0.15, -0.1) is 10.2 Å². The molecule has 1 atom stereocenters. The van der Waals surface area contributed by atoms with E-state index in [1.54, 1.807) is 0 Å². The van der Waals surface area contributed by atoms with Crippen LogP contribution in [0.2, 0.25) is 0 Å². The first-order valence-electron chi connectivity index (χ1n) is 5.25.